The van der Waals surface area contributed by atoms with Gasteiger partial charge in [0.25, 0.3) is 0 Å². The van der Waals surface area contributed by atoms with E-state index in [-0.39, 0.29) is 24.0 Å². The Hall–Kier alpha value is -0.790. The van der Waals surface area contributed by atoms with Gasteiger partial charge in [-0.2, -0.15) is 0 Å². The average Bonchev–Trinajstić information content (AvgIpc) is 2.86. The van der Waals surface area contributed by atoms with Crippen molar-refractivity contribution in [1.29, 1.82) is 0 Å². The number of guanidine groups is 1. The summed E-state index contributed by atoms with van der Waals surface area (Å²) < 4.78 is 5.21. The van der Waals surface area contributed by atoms with Crippen LogP contribution in [0.4, 0.5) is 0 Å². The number of rotatable bonds is 10. The minimum absolute atomic E-state index is 0. The summed E-state index contributed by atoms with van der Waals surface area (Å²) in [6, 6.07) is 0. The molecule has 6 heteroatoms. The fraction of sp³-hybridized carbons (Fsp3) is 0.778. The standard InChI is InChI=1S/C18H34N4O.HI/c1-6-9-10-16(7-2)13-21-18(19-8-3)20-12-11-17-14(4)22-23-15(17)5;/h16H,6-13H2,1-5H3,(H2,19,20,21);1H. The molecule has 1 aromatic heterocycles. The quantitative estimate of drug-likeness (QED) is 0.318. The third-order valence-electron chi connectivity index (χ3n) is 4.24. The van der Waals surface area contributed by atoms with Gasteiger partial charge >= 0.3 is 0 Å². The molecule has 0 aliphatic rings. The Bertz CT molecular complexity index is 454. The Balaban J connectivity index is 0.00000529. The summed E-state index contributed by atoms with van der Waals surface area (Å²) in [5.74, 6) is 2.51. The van der Waals surface area contributed by atoms with Crippen LogP contribution in [-0.4, -0.2) is 30.8 Å². The van der Waals surface area contributed by atoms with Crippen molar-refractivity contribution in [2.24, 2.45) is 10.9 Å². The molecule has 5 nitrogen and oxygen atoms in total. The van der Waals surface area contributed by atoms with Crippen LogP contribution in [0.3, 0.4) is 0 Å². The predicted molar refractivity (Wildman–Crippen MR) is 112 cm³/mol. The molecule has 0 spiro atoms. The van der Waals surface area contributed by atoms with E-state index in [1.165, 1.54) is 31.2 Å². The normalized spacial score (nSPS) is 12.6. The van der Waals surface area contributed by atoms with Crippen LogP contribution in [0.5, 0.6) is 0 Å². The second-order valence-corrected chi connectivity index (χ2v) is 6.12. The Kier molecular flexibility index (Phi) is 13.1. The van der Waals surface area contributed by atoms with Crippen molar-refractivity contribution < 1.29 is 4.52 Å². The fourth-order valence-electron chi connectivity index (χ4n) is 2.64. The van der Waals surface area contributed by atoms with Gasteiger partial charge < -0.3 is 15.2 Å². The van der Waals surface area contributed by atoms with Gasteiger partial charge in [-0.1, -0.05) is 38.3 Å². The first-order valence-electron chi connectivity index (χ1n) is 9.06. The zero-order valence-electron chi connectivity index (χ0n) is 15.9. The van der Waals surface area contributed by atoms with Gasteiger partial charge in [-0.05, 0) is 39.5 Å². The zero-order valence-corrected chi connectivity index (χ0v) is 18.3. The Labute approximate surface area is 164 Å². The molecule has 0 bridgehead atoms. The molecule has 0 aromatic carbocycles. The molecule has 0 aliphatic carbocycles. The second-order valence-electron chi connectivity index (χ2n) is 6.12. The maximum atomic E-state index is 5.21. The highest BCUT2D eigenvalue weighted by molar-refractivity contribution is 14.0. The van der Waals surface area contributed by atoms with Crippen molar-refractivity contribution in [3.8, 4) is 0 Å². The van der Waals surface area contributed by atoms with Gasteiger partial charge in [0.1, 0.15) is 5.76 Å². The molecule has 0 radical (unpaired) electrons. The molecule has 0 amide bonds. The number of nitrogens with one attached hydrogen (secondary N) is 2. The van der Waals surface area contributed by atoms with Gasteiger partial charge in [0, 0.05) is 25.2 Å². The predicted octanol–water partition coefficient (Wildman–Crippen LogP) is 4.22. The van der Waals surface area contributed by atoms with Crippen molar-refractivity contribution in [2.75, 3.05) is 19.6 Å². The summed E-state index contributed by atoms with van der Waals surface area (Å²) in [5, 5.41) is 10.7. The molecule has 1 unspecified atom stereocenters. The molecule has 140 valence electrons. The molecular weight excluding hydrogens is 415 g/mol. The molecule has 1 aromatic rings. The summed E-state index contributed by atoms with van der Waals surface area (Å²) in [6.45, 7) is 13.2. The molecule has 1 atom stereocenters. The molecule has 0 fully saturated rings. The van der Waals surface area contributed by atoms with Crippen LogP contribution < -0.4 is 10.6 Å². The van der Waals surface area contributed by atoms with E-state index >= 15 is 0 Å². The Morgan fingerprint density at radius 1 is 1.21 bits per heavy atom. The molecule has 0 aliphatic heterocycles. The SMILES string of the molecule is CCCCC(CC)CN=C(NCC)NCCc1c(C)noc1C.I. The van der Waals surface area contributed by atoms with Crippen molar-refractivity contribution in [1.82, 2.24) is 15.8 Å². The van der Waals surface area contributed by atoms with E-state index in [1.807, 2.05) is 13.8 Å². The molecule has 24 heavy (non-hydrogen) atoms. The van der Waals surface area contributed by atoms with E-state index < -0.39 is 0 Å². The number of halogens is 1. The van der Waals surface area contributed by atoms with Gasteiger partial charge in [0.2, 0.25) is 0 Å². The molecule has 1 heterocycles. The highest BCUT2D eigenvalue weighted by Crippen LogP contribution is 2.13. The van der Waals surface area contributed by atoms with E-state index in [0.717, 1.165) is 43.5 Å². The first kappa shape index (κ1) is 23.2. The monoisotopic (exact) mass is 450 g/mol. The van der Waals surface area contributed by atoms with Crippen LogP contribution in [0.25, 0.3) is 0 Å². The first-order chi connectivity index (χ1) is 11.1. The molecule has 0 saturated heterocycles. The highest BCUT2D eigenvalue weighted by atomic mass is 127. The summed E-state index contributed by atoms with van der Waals surface area (Å²) in [4.78, 5) is 4.76. The average molecular weight is 450 g/mol. The number of unbranched alkanes of at least 4 members (excludes halogenated alkanes) is 1. The minimum atomic E-state index is 0. The lowest BCUT2D eigenvalue weighted by atomic mass is 10.00. The van der Waals surface area contributed by atoms with Crippen LogP contribution in [0, 0.1) is 19.8 Å². The smallest absolute Gasteiger partial charge is 0.191 e. The van der Waals surface area contributed by atoms with Gasteiger partial charge in [0.15, 0.2) is 5.96 Å². The molecule has 2 N–H and O–H groups in total. The van der Waals surface area contributed by atoms with Crippen molar-refractivity contribution in [3.63, 3.8) is 0 Å². The summed E-state index contributed by atoms with van der Waals surface area (Å²) in [6.07, 6.45) is 5.93. The maximum Gasteiger partial charge on any atom is 0.191 e. The van der Waals surface area contributed by atoms with E-state index in [4.69, 9.17) is 9.52 Å². The Morgan fingerprint density at radius 2 is 1.96 bits per heavy atom. The first-order valence-corrected chi connectivity index (χ1v) is 9.06. The summed E-state index contributed by atoms with van der Waals surface area (Å²) in [7, 11) is 0. The topological polar surface area (TPSA) is 62.5 Å². The maximum absolute atomic E-state index is 5.21. The highest BCUT2D eigenvalue weighted by Gasteiger charge is 2.09. The van der Waals surface area contributed by atoms with Crippen LogP contribution in [0.1, 0.15) is 63.5 Å². The second kappa shape index (κ2) is 13.5. The van der Waals surface area contributed by atoms with Gasteiger partial charge in [0.05, 0.1) is 5.69 Å². The molecule has 0 saturated carbocycles. The number of hydrogen-bond donors (Lipinski definition) is 2. The lowest BCUT2D eigenvalue weighted by Gasteiger charge is -2.15. The van der Waals surface area contributed by atoms with Crippen molar-refractivity contribution in [3.05, 3.63) is 17.0 Å². The fourth-order valence-corrected chi connectivity index (χ4v) is 2.64. The third kappa shape index (κ3) is 8.35. The van der Waals surface area contributed by atoms with Crippen LogP contribution in [-0.2, 0) is 6.42 Å². The van der Waals surface area contributed by atoms with Gasteiger partial charge in [-0.25, -0.2) is 0 Å². The van der Waals surface area contributed by atoms with Crippen LogP contribution in [0.15, 0.2) is 9.52 Å². The van der Waals surface area contributed by atoms with Gasteiger partial charge in [-0.3, -0.25) is 4.99 Å². The zero-order chi connectivity index (χ0) is 17.1. The number of nitrogens with zero attached hydrogens (tertiary/aromatic N) is 2. The third-order valence-corrected chi connectivity index (χ3v) is 4.24. The summed E-state index contributed by atoms with van der Waals surface area (Å²) >= 11 is 0. The van der Waals surface area contributed by atoms with E-state index in [1.54, 1.807) is 0 Å². The van der Waals surface area contributed by atoms with Gasteiger partial charge in [-0.15, -0.1) is 24.0 Å². The number of aryl methyl sites for hydroxylation is 2. The largest absolute Gasteiger partial charge is 0.361 e. The number of aromatic nitrogens is 1. The number of aliphatic imine (C=N–C) groups is 1. The lowest BCUT2D eigenvalue weighted by molar-refractivity contribution is 0.392. The van der Waals surface area contributed by atoms with Crippen molar-refractivity contribution >= 4 is 29.9 Å². The van der Waals surface area contributed by atoms with E-state index in [0.29, 0.717) is 5.92 Å². The number of hydrogen-bond acceptors (Lipinski definition) is 3. The van der Waals surface area contributed by atoms with E-state index in [2.05, 4.69) is 36.6 Å². The lowest BCUT2D eigenvalue weighted by Crippen LogP contribution is -2.38. The summed E-state index contributed by atoms with van der Waals surface area (Å²) in [5.41, 5.74) is 2.18. The molecular formula is C18H35IN4O. The minimum Gasteiger partial charge on any atom is -0.361 e. The molecule has 1 rings (SSSR count). The van der Waals surface area contributed by atoms with Crippen LogP contribution in [0.2, 0.25) is 0 Å². The van der Waals surface area contributed by atoms with E-state index in [9.17, 15) is 0 Å². The van der Waals surface area contributed by atoms with Crippen LogP contribution >= 0.6 is 24.0 Å². The Morgan fingerprint density at radius 3 is 2.50 bits per heavy atom. The van der Waals surface area contributed by atoms with Crippen molar-refractivity contribution in [2.45, 2.75) is 66.7 Å².